The number of anilines is 1. The molecule has 4 nitrogen and oxygen atoms in total. The van der Waals surface area contributed by atoms with Crippen molar-refractivity contribution in [2.45, 2.75) is 12.3 Å². The van der Waals surface area contributed by atoms with E-state index in [1.165, 1.54) is 12.1 Å². The number of hydrogen-bond donors (Lipinski definition) is 1. The fourth-order valence-corrected chi connectivity index (χ4v) is 3.22. The summed E-state index contributed by atoms with van der Waals surface area (Å²) in [6.45, 7) is 0. The van der Waals surface area contributed by atoms with Gasteiger partial charge in [0, 0.05) is 30.4 Å². The van der Waals surface area contributed by atoms with Crippen molar-refractivity contribution in [1.82, 2.24) is 9.38 Å². The minimum atomic E-state index is -0.333. The Morgan fingerprint density at radius 1 is 1.00 bits per heavy atom. The zero-order valence-corrected chi connectivity index (χ0v) is 14.5. The SMILES string of the molecule is O=C(CC(c1ccccc1)c1cnc2ccccn12)Nc1ccc(F)cc1. The number of nitrogens with one attached hydrogen (secondary N) is 1. The molecule has 0 bridgehead atoms. The van der Waals surface area contributed by atoms with Crippen molar-refractivity contribution in [3.63, 3.8) is 0 Å². The van der Waals surface area contributed by atoms with Crippen LogP contribution in [0.15, 0.2) is 85.2 Å². The number of pyridine rings is 1. The Hall–Kier alpha value is -3.47. The van der Waals surface area contributed by atoms with Crippen LogP contribution in [-0.2, 0) is 4.79 Å². The number of rotatable bonds is 5. The van der Waals surface area contributed by atoms with Crippen LogP contribution in [0.1, 0.15) is 23.6 Å². The van der Waals surface area contributed by atoms with Gasteiger partial charge in [-0.2, -0.15) is 0 Å². The van der Waals surface area contributed by atoms with Gasteiger partial charge in [-0.25, -0.2) is 9.37 Å². The second-order valence-corrected chi connectivity index (χ2v) is 6.33. The second-order valence-electron chi connectivity index (χ2n) is 6.33. The highest BCUT2D eigenvalue weighted by Gasteiger charge is 2.21. The molecule has 1 amide bonds. The van der Waals surface area contributed by atoms with Crippen molar-refractivity contribution in [3.8, 4) is 0 Å². The summed E-state index contributed by atoms with van der Waals surface area (Å²) in [5.74, 6) is -0.619. The Balaban J connectivity index is 1.64. The molecular formula is C22H18FN3O. The van der Waals surface area contributed by atoms with Crippen LogP contribution in [0.3, 0.4) is 0 Å². The third-order valence-corrected chi connectivity index (χ3v) is 4.52. The van der Waals surface area contributed by atoms with E-state index in [0.29, 0.717) is 5.69 Å². The number of hydrogen-bond acceptors (Lipinski definition) is 2. The normalized spacial score (nSPS) is 12.0. The quantitative estimate of drug-likeness (QED) is 0.564. The molecule has 0 saturated heterocycles. The van der Waals surface area contributed by atoms with E-state index in [9.17, 15) is 9.18 Å². The predicted octanol–water partition coefficient (Wildman–Crippen LogP) is 4.63. The lowest BCUT2D eigenvalue weighted by molar-refractivity contribution is -0.116. The number of fused-ring (bicyclic) bond motifs is 1. The molecule has 2 heterocycles. The van der Waals surface area contributed by atoms with Crippen LogP contribution in [0.4, 0.5) is 10.1 Å². The molecule has 27 heavy (non-hydrogen) atoms. The summed E-state index contributed by atoms with van der Waals surface area (Å²) in [4.78, 5) is 17.1. The van der Waals surface area contributed by atoms with Crippen molar-refractivity contribution in [1.29, 1.82) is 0 Å². The summed E-state index contributed by atoms with van der Waals surface area (Å²) in [6.07, 6.45) is 4.02. The minimum Gasteiger partial charge on any atom is -0.326 e. The molecule has 134 valence electrons. The molecule has 5 heteroatoms. The third kappa shape index (κ3) is 3.72. The minimum absolute atomic E-state index is 0.138. The fraction of sp³-hybridized carbons (Fsp3) is 0.0909. The summed E-state index contributed by atoms with van der Waals surface area (Å²) >= 11 is 0. The number of benzene rings is 2. The second kappa shape index (κ2) is 7.41. The van der Waals surface area contributed by atoms with Crippen LogP contribution >= 0.6 is 0 Å². The van der Waals surface area contributed by atoms with E-state index >= 15 is 0 Å². The Morgan fingerprint density at radius 3 is 2.52 bits per heavy atom. The van der Waals surface area contributed by atoms with Crippen LogP contribution in [0.2, 0.25) is 0 Å². The number of carbonyl (C=O) groups excluding carboxylic acids is 1. The van der Waals surface area contributed by atoms with Crippen LogP contribution in [0, 0.1) is 5.82 Å². The molecule has 1 atom stereocenters. The standard InChI is InChI=1S/C22H18FN3O/c23-17-9-11-18(12-10-17)25-22(27)14-19(16-6-2-1-3-7-16)20-15-24-21-8-4-5-13-26(20)21/h1-13,15,19H,14H2,(H,25,27). The zero-order chi connectivity index (χ0) is 18.6. The van der Waals surface area contributed by atoms with Gasteiger partial charge in [-0.1, -0.05) is 36.4 Å². The summed E-state index contributed by atoms with van der Waals surface area (Å²) in [5.41, 5.74) is 3.40. The summed E-state index contributed by atoms with van der Waals surface area (Å²) < 4.78 is 15.1. The first kappa shape index (κ1) is 17.0. The van der Waals surface area contributed by atoms with Crippen LogP contribution in [0.25, 0.3) is 5.65 Å². The zero-order valence-electron chi connectivity index (χ0n) is 14.5. The maximum absolute atomic E-state index is 13.1. The molecule has 2 aromatic heterocycles. The monoisotopic (exact) mass is 359 g/mol. The van der Waals surface area contributed by atoms with Gasteiger partial charge in [0.1, 0.15) is 11.5 Å². The van der Waals surface area contributed by atoms with Crippen molar-refractivity contribution < 1.29 is 9.18 Å². The molecule has 2 aromatic carbocycles. The topological polar surface area (TPSA) is 46.4 Å². The molecule has 1 N–H and O–H groups in total. The average molecular weight is 359 g/mol. The van der Waals surface area contributed by atoms with E-state index in [0.717, 1.165) is 16.9 Å². The molecular weight excluding hydrogens is 341 g/mol. The Kier molecular flexibility index (Phi) is 4.66. The first-order chi connectivity index (χ1) is 13.2. The molecule has 4 aromatic rings. The van der Waals surface area contributed by atoms with Gasteiger partial charge in [0.05, 0.1) is 5.69 Å². The van der Waals surface area contributed by atoms with Gasteiger partial charge in [0.25, 0.3) is 0 Å². The largest absolute Gasteiger partial charge is 0.326 e. The van der Waals surface area contributed by atoms with E-state index in [2.05, 4.69) is 10.3 Å². The van der Waals surface area contributed by atoms with Gasteiger partial charge >= 0.3 is 0 Å². The highest BCUT2D eigenvalue weighted by atomic mass is 19.1. The first-order valence-electron chi connectivity index (χ1n) is 8.73. The summed E-state index contributed by atoms with van der Waals surface area (Å²) in [7, 11) is 0. The van der Waals surface area contributed by atoms with Gasteiger partial charge in [-0.15, -0.1) is 0 Å². The van der Waals surface area contributed by atoms with E-state index in [4.69, 9.17) is 0 Å². The lowest BCUT2D eigenvalue weighted by atomic mass is 9.92. The lowest BCUT2D eigenvalue weighted by Crippen LogP contribution is -2.17. The van der Waals surface area contributed by atoms with E-state index < -0.39 is 0 Å². The Labute approximate surface area is 156 Å². The molecule has 0 saturated carbocycles. The number of aromatic nitrogens is 2. The van der Waals surface area contributed by atoms with Crippen LogP contribution in [0.5, 0.6) is 0 Å². The molecule has 0 fully saturated rings. The highest BCUT2D eigenvalue weighted by Crippen LogP contribution is 2.29. The molecule has 0 radical (unpaired) electrons. The van der Waals surface area contributed by atoms with E-state index in [1.807, 2.05) is 65.3 Å². The molecule has 4 rings (SSSR count). The van der Waals surface area contributed by atoms with Crippen molar-refractivity contribution in [3.05, 3.63) is 102 Å². The number of carbonyl (C=O) groups is 1. The number of amides is 1. The van der Waals surface area contributed by atoms with E-state index in [-0.39, 0.29) is 24.1 Å². The molecule has 1 unspecified atom stereocenters. The summed E-state index contributed by atoms with van der Waals surface area (Å²) in [6, 6.07) is 21.5. The smallest absolute Gasteiger partial charge is 0.225 e. The molecule has 0 spiro atoms. The maximum atomic E-state index is 13.1. The van der Waals surface area contributed by atoms with Gasteiger partial charge in [0.2, 0.25) is 5.91 Å². The number of imidazole rings is 1. The van der Waals surface area contributed by atoms with Crippen LogP contribution in [-0.4, -0.2) is 15.3 Å². The average Bonchev–Trinajstić information content (AvgIpc) is 3.12. The fourth-order valence-electron chi connectivity index (χ4n) is 3.22. The van der Waals surface area contributed by atoms with Crippen molar-refractivity contribution in [2.75, 3.05) is 5.32 Å². The Bertz CT molecular complexity index is 1060. The van der Waals surface area contributed by atoms with Gasteiger partial charge < -0.3 is 9.72 Å². The highest BCUT2D eigenvalue weighted by molar-refractivity contribution is 5.91. The molecule has 0 aliphatic rings. The predicted molar refractivity (Wildman–Crippen MR) is 103 cm³/mol. The Morgan fingerprint density at radius 2 is 1.74 bits per heavy atom. The first-order valence-corrected chi connectivity index (χ1v) is 8.73. The third-order valence-electron chi connectivity index (χ3n) is 4.52. The molecule has 0 aliphatic heterocycles. The maximum Gasteiger partial charge on any atom is 0.225 e. The number of nitrogens with zero attached hydrogens (tertiary/aromatic N) is 2. The van der Waals surface area contributed by atoms with Crippen LogP contribution < -0.4 is 5.32 Å². The van der Waals surface area contributed by atoms with Gasteiger partial charge in [-0.3, -0.25) is 4.79 Å². The summed E-state index contributed by atoms with van der Waals surface area (Å²) in [5, 5.41) is 2.84. The molecule has 0 aliphatic carbocycles. The van der Waals surface area contributed by atoms with Crippen molar-refractivity contribution in [2.24, 2.45) is 0 Å². The number of halogens is 1. The van der Waals surface area contributed by atoms with E-state index in [1.54, 1.807) is 12.1 Å². The van der Waals surface area contributed by atoms with Gasteiger partial charge in [-0.05, 0) is 42.0 Å². The lowest BCUT2D eigenvalue weighted by Gasteiger charge is -2.17. The van der Waals surface area contributed by atoms with Crippen molar-refractivity contribution >= 4 is 17.2 Å². The van der Waals surface area contributed by atoms with Gasteiger partial charge in [0.15, 0.2) is 0 Å².